The van der Waals surface area contributed by atoms with Crippen molar-refractivity contribution in [2.45, 2.75) is 39.7 Å². The number of amides is 1. The van der Waals surface area contributed by atoms with Gasteiger partial charge in [-0.15, -0.1) is 0 Å². The van der Waals surface area contributed by atoms with E-state index in [1.807, 2.05) is 4.90 Å². The van der Waals surface area contributed by atoms with E-state index in [1.165, 1.54) is 6.42 Å². The van der Waals surface area contributed by atoms with Crippen LogP contribution in [0.25, 0.3) is 0 Å². The maximum atomic E-state index is 12.5. The summed E-state index contributed by atoms with van der Waals surface area (Å²) in [6.45, 7) is 8.60. The van der Waals surface area contributed by atoms with Crippen molar-refractivity contribution >= 4 is 5.91 Å². The van der Waals surface area contributed by atoms with Gasteiger partial charge in [0.15, 0.2) is 5.69 Å². The number of rotatable bonds is 5. The fraction of sp³-hybridized carbons (Fsp3) is 0.714. The maximum absolute atomic E-state index is 12.5. The molecule has 1 fully saturated rings. The van der Waals surface area contributed by atoms with E-state index in [4.69, 9.17) is 4.52 Å². The molecule has 0 spiro atoms. The van der Waals surface area contributed by atoms with E-state index < -0.39 is 0 Å². The average molecular weight is 265 g/mol. The van der Waals surface area contributed by atoms with Crippen molar-refractivity contribution in [2.24, 2.45) is 5.92 Å². The number of hydrogen-bond acceptors (Lipinski definition) is 4. The first-order valence-corrected chi connectivity index (χ1v) is 7.02. The topological polar surface area (TPSA) is 58.4 Å². The van der Waals surface area contributed by atoms with Crippen LogP contribution in [0.3, 0.4) is 0 Å². The summed E-state index contributed by atoms with van der Waals surface area (Å²) in [5.74, 6) is 1.09. The molecule has 0 saturated carbocycles. The normalized spacial score (nSPS) is 19.1. The second kappa shape index (κ2) is 6.19. The highest BCUT2D eigenvalue weighted by Crippen LogP contribution is 2.12. The molecule has 2 heterocycles. The number of aromatic nitrogens is 1. The standard InChI is InChI=1S/C14H23N3O2/c1-10(2)8-17(9-12-5-4-6-15-12)14(18)13-7-11(3)19-16-13/h7,10,12,15H,4-6,8-9H2,1-3H3. The Hall–Kier alpha value is -1.36. The first kappa shape index (κ1) is 14.1. The van der Waals surface area contributed by atoms with Crippen LogP contribution in [0.4, 0.5) is 0 Å². The monoisotopic (exact) mass is 265 g/mol. The third-order valence-electron chi connectivity index (χ3n) is 3.32. The lowest BCUT2D eigenvalue weighted by molar-refractivity contribution is 0.0711. The lowest BCUT2D eigenvalue weighted by Gasteiger charge is -2.26. The Morgan fingerprint density at radius 1 is 1.63 bits per heavy atom. The molecule has 0 aliphatic carbocycles. The summed E-state index contributed by atoms with van der Waals surface area (Å²) < 4.78 is 5.00. The van der Waals surface area contributed by atoms with Crippen LogP contribution in [0.1, 0.15) is 42.9 Å². The van der Waals surface area contributed by atoms with Crippen LogP contribution in [-0.4, -0.2) is 41.6 Å². The maximum Gasteiger partial charge on any atom is 0.276 e. The van der Waals surface area contributed by atoms with Gasteiger partial charge in [-0.1, -0.05) is 19.0 Å². The SMILES string of the molecule is Cc1cc(C(=O)N(CC(C)C)CC2CCCN2)no1. The predicted octanol–water partition coefficient (Wildman–Crippen LogP) is 1.83. The smallest absolute Gasteiger partial charge is 0.276 e. The van der Waals surface area contributed by atoms with E-state index in [0.717, 1.165) is 26.1 Å². The van der Waals surface area contributed by atoms with Crippen molar-refractivity contribution in [3.05, 3.63) is 17.5 Å². The van der Waals surface area contributed by atoms with Crippen molar-refractivity contribution in [2.75, 3.05) is 19.6 Å². The minimum absolute atomic E-state index is 0.0285. The van der Waals surface area contributed by atoms with Gasteiger partial charge in [0, 0.05) is 25.2 Å². The average Bonchev–Trinajstić information content (AvgIpc) is 2.98. The van der Waals surface area contributed by atoms with Gasteiger partial charge in [-0.2, -0.15) is 0 Å². The van der Waals surface area contributed by atoms with Gasteiger partial charge >= 0.3 is 0 Å². The Kier molecular flexibility index (Phi) is 4.58. The second-order valence-electron chi connectivity index (χ2n) is 5.72. The first-order valence-electron chi connectivity index (χ1n) is 7.02. The number of carbonyl (C=O) groups excluding carboxylic acids is 1. The molecule has 1 atom stereocenters. The zero-order valence-corrected chi connectivity index (χ0v) is 12.0. The number of carbonyl (C=O) groups is 1. The minimum atomic E-state index is -0.0285. The molecule has 2 rings (SSSR count). The number of aryl methyl sites for hydroxylation is 1. The molecule has 5 nitrogen and oxygen atoms in total. The summed E-state index contributed by atoms with van der Waals surface area (Å²) in [7, 11) is 0. The minimum Gasteiger partial charge on any atom is -0.361 e. The van der Waals surface area contributed by atoms with Gasteiger partial charge < -0.3 is 14.7 Å². The van der Waals surface area contributed by atoms with Crippen LogP contribution in [0.2, 0.25) is 0 Å². The molecular weight excluding hydrogens is 242 g/mol. The van der Waals surface area contributed by atoms with Gasteiger partial charge in [0.05, 0.1) is 0 Å². The van der Waals surface area contributed by atoms with Crippen molar-refractivity contribution in [3.8, 4) is 0 Å². The van der Waals surface area contributed by atoms with Crippen molar-refractivity contribution in [3.63, 3.8) is 0 Å². The fourth-order valence-corrected chi connectivity index (χ4v) is 2.49. The zero-order chi connectivity index (χ0) is 13.8. The summed E-state index contributed by atoms with van der Waals surface area (Å²) in [4.78, 5) is 14.4. The van der Waals surface area contributed by atoms with E-state index in [-0.39, 0.29) is 5.91 Å². The third-order valence-corrected chi connectivity index (χ3v) is 3.32. The predicted molar refractivity (Wildman–Crippen MR) is 73.0 cm³/mol. The van der Waals surface area contributed by atoms with E-state index in [2.05, 4.69) is 24.3 Å². The lowest BCUT2D eigenvalue weighted by Crippen LogP contribution is -2.43. The first-order chi connectivity index (χ1) is 9.06. The summed E-state index contributed by atoms with van der Waals surface area (Å²) in [6, 6.07) is 2.12. The Morgan fingerprint density at radius 3 is 2.95 bits per heavy atom. The molecule has 1 unspecified atom stereocenters. The summed E-state index contributed by atoms with van der Waals surface area (Å²) >= 11 is 0. The Bertz CT molecular complexity index is 422. The molecule has 1 aromatic heterocycles. The van der Waals surface area contributed by atoms with Gasteiger partial charge in [-0.3, -0.25) is 4.79 Å². The van der Waals surface area contributed by atoms with Crippen LogP contribution in [0.15, 0.2) is 10.6 Å². The van der Waals surface area contributed by atoms with Crippen molar-refractivity contribution < 1.29 is 9.32 Å². The van der Waals surface area contributed by atoms with Gasteiger partial charge in [-0.25, -0.2) is 0 Å². The zero-order valence-electron chi connectivity index (χ0n) is 12.0. The fourth-order valence-electron chi connectivity index (χ4n) is 2.49. The molecular formula is C14H23N3O2. The summed E-state index contributed by atoms with van der Waals surface area (Å²) in [5, 5.41) is 7.27. The van der Waals surface area contributed by atoms with E-state index in [1.54, 1.807) is 13.0 Å². The Balaban J connectivity index is 2.05. The summed E-state index contributed by atoms with van der Waals surface area (Å²) in [5.41, 5.74) is 0.413. The molecule has 0 bridgehead atoms. The molecule has 1 N–H and O–H groups in total. The molecule has 19 heavy (non-hydrogen) atoms. The number of nitrogens with one attached hydrogen (secondary N) is 1. The molecule has 1 aliphatic rings. The van der Waals surface area contributed by atoms with E-state index >= 15 is 0 Å². The number of nitrogens with zero attached hydrogens (tertiary/aromatic N) is 2. The highest BCUT2D eigenvalue weighted by atomic mass is 16.5. The third kappa shape index (κ3) is 3.80. The molecule has 1 saturated heterocycles. The number of hydrogen-bond donors (Lipinski definition) is 1. The van der Waals surface area contributed by atoms with E-state index in [0.29, 0.717) is 23.4 Å². The van der Waals surface area contributed by atoms with Gasteiger partial charge in [0.2, 0.25) is 0 Å². The van der Waals surface area contributed by atoms with Gasteiger partial charge in [0.25, 0.3) is 5.91 Å². The molecule has 1 amide bonds. The summed E-state index contributed by atoms with van der Waals surface area (Å²) in [6.07, 6.45) is 2.33. The van der Waals surface area contributed by atoms with E-state index in [9.17, 15) is 4.79 Å². The van der Waals surface area contributed by atoms with Crippen LogP contribution >= 0.6 is 0 Å². The highest BCUT2D eigenvalue weighted by Gasteiger charge is 2.24. The van der Waals surface area contributed by atoms with Crippen LogP contribution < -0.4 is 5.32 Å². The lowest BCUT2D eigenvalue weighted by atomic mass is 10.1. The van der Waals surface area contributed by atoms with Gasteiger partial charge in [-0.05, 0) is 32.2 Å². The Morgan fingerprint density at radius 2 is 2.42 bits per heavy atom. The molecule has 5 heteroatoms. The highest BCUT2D eigenvalue weighted by molar-refractivity contribution is 5.92. The van der Waals surface area contributed by atoms with Crippen molar-refractivity contribution in [1.29, 1.82) is 0 Å². The van der Waals surface area contributed by atoms with Crippen molar-refractivity contribution in [1.82, 2.24) is 15.4 Å². The van der Waals surface area contributed by atoms with Crippen LogP contribution in [-0.2, 0) is 0 Å². The van der Waals surface area contributed by atoms with Crippen LogP contribution in [0, 0.1) is 12.8 Å². The largest absolute Gasteiger partial charge is 0.361 e. The molecule has 106 valence electrons. The Labute approximate surface area is 114 Å². The quantitative estimate of drug-likeness (QED) is 0.882. The second-order valence-corrected chi connectivity index (χ2v) is 5.72. The molecule has 0 radical (unpaired) electrons. The van der Waals surface area contributed by atoms with Crippen LogP contribution in [0.5, 0.6) is 0 Å². The molecule has 1 aliphatic heterocycles. The van der Waals surface area contributed by atoms with Gasteiger partial charge in [0.1, 0.15) is 5.76 Å². The molecule has 1 aromatic rings. The molecule has 0 aromatic carbocycles.